The van der Waals surface area contributed by atoms with Gasteiger partial charge < -0.3 is 28.4 Å². The smallest absolute Gasteiger partial charge is 0.309 e. The van der Waals surface area contributed by atoms with Gasteiger partial charge >= 0.3 is 35.8 Å². The Bertz CT molecular complexity index is 1320. The molecule has 0 amide bonds. The van der Waals surface area contributed by atoms with Crippen molar-refractivity contribution in [2.45, 2.75) is 246 Å². The summed E-state index contributed by atoms with van der Waals surface area (Å²) in [5.74, 6) is -1.33. The average molecular weight is 935 g/mol. The van der Waals surface area contributed by atoms with Crippen LogP contribution in [0.1, 0.15) is 235 Å². The average Bonchev–Trinajstić information content (AvgIpc) is 3.33. The van der Waals surface area contributed by atoms with Gasteiger partial charge in [0.2, 0.25) is 0 Å². The lowest BCUT2D eigenvalue weighted by molar-refractivity contribution is -0.173. The third-order valence-electron chi connectivity index (χ3n) is 14.8. The molecule has 0 aromatic carbocycles. The zero-order valence-corrected chi connectivity index (χ0v) is 38.9. The summed E-state index contributed by atoms with van der Waals surface area (Å²) in [6.07, 6.45) is 30.5. The predicted octanol–water partition coefficient (Wildman–Crippen LogP) is 12.5. The highest BCUT2D eigenvalue weighted by molar-refractivity contribution is 5.75. The maximum atomic E-state index is 12.9. The summed E-state index contributed by atoms with van der Waals surface area (Å²) >= 11 is 0. The highest BCUT2D eigenvalue weighted by atomic mass is 16.6. The van der Waals surface area contributed by atoms with E-state index in [1.54, 1.807) is 0 Å². The van der Waals surface area contributed by atoms with Crippen LogP contribution in [-0.4, -0.2) is 73.9 Å². The van der Waals surface area contributed by atoms with Crippen LogP contribution in [0.15, 0.2) is 0 Å². The molecule has 6 fully saturated rings. The monoisotopic (exact) mass is 935 g/mol. The summed E-state index contributed by atoms with van der Waals surface area (Å²) in [6.45, 7) is 2.26. The van der Waals surface area contributed by atoms with Crippen molar-refractivity contribution in [1.82, 2.24) is 0 Å². The molecule has 0 aromatic heterocycles. The first-order valence-electron chi connectivity index (χ1n) is 25.7. The molecular formula is C54H94O12. The molecule has 6 saturated carbocycles. The van der Waals surface area contributed by atoms with Gasteiger partial charge in [-0.1, -0.05) is 138 Å². The molecule has 0 saturated heterocycles. The predicted molar refractivity (Wildman–Crippen MR) is 257 cm³/mol. The van der Waals surface area contributed by atoms with Gasteiger partial charge in [-0.2, -0.15) is 0 Å². The molecule has 0 bridgehead atoms. The molecule has 0 atom stereocenters. The summed E-state index contributed by atoms with van der Waals surface area (Å²) in [7, 11) is 0. The Kier molecular flexibility index (Phi) is 29.1. The third kappa shape index (κ3) is 21.0. The number of esters is 6. The Hall–Kier alpha value is -3.18. The molecule has 0 spiro atoms. The minimum absolute atomic E-state index is 0. The number of ether oxygens (including phenoxy) is 6. The molecule has 0 heterocycles. The lowest BCUT2D eigenvalue weighted by atomic mass is 9.89. The van der Waals surface area contributed by atoms with Crippen molar-refractivity contribution in [1.29, 1.82) is 0 Å². The van der Waals surface area contributed by atoms with E-state index in [4.69, 9.17) is 28.4 Å². The molecule has 0 aromatic rings. The number of carbonyl (C=O) groups is 6. The topological polar surface area (TPSA) is 158 Å². The standard InChI is InChI=1S/C27H44O6.C24H38O6.3CH4/c1-27(33-26(30)23-15-9-4-10-16-23,17-19-31-24(28)21-11-5-2-6-12-21)18-20-32-25(29)22-13-7-3-8-14-22;25-22(18-10-4-1-5-11-18)28-16-21(30-24(27)20-14-8-3-9-15-20)17-29-23(26)19-12-6-2-7-13-19;;;/h21-23H,2-20H2,1H3;18-21H,1-17H2;3*1H4. The third-order valence-corrected chi connectivity index (χ3v) is 14.8. The minimum Gasteiger partial charge on any atom is -0.465 e. The normalized spacial score (nSPS) is 20.6. The molecule has 12 nitrogen and oxygen atoms in total. The molecule has 6 aliphatic carbocycles. The number of hydrogen-bond donors (Lipinski definition) is 0. The quantitative estimate of drug-likeness (QED) is 0.0947. The van der Waals surface area contributed by atoms with Crippen LogP contribution in [0.2, 0.25) is 0 Å². The van der Waals surface area contributed by atoms with Gasteiger partial charge in [-0.3, -0.25) is 28.8 Å². The SMILES string of the molecule is C.C.C.CC(CCOC(=O)C1CCCCC1)(CCOC(=O)C1CCCCC1)OC(=O)C1CCCCC1.O=C(OCC(COC(=O)C1CCCCC1)OC(=O)C1CCCCC1)C1CCCCC1. The van der Waals surface area contributed by atoms with Gasteiger partial charge in [0, 0.05) is 12.8 Å². The first-order chi connectivity index (χ1) is 30.6. The van der Waals surface area contributed by atoms with Crippen molar-refractivity contribution in [2.75, 3.05) is 26.4 Å². The van der Waals surface area contributed by atoms with E-state index in [0.29, 0.717) is 12.8 Å². The van der Waals surface area contributed by atoms with Gasteiger partial charge in [-0.05, 0) is 84.0 Å². The fourth-order valence-corrected chi connectivity index (χ4v) is 10.5. The van der Waals surface area contributed by atoms with E-state index in [1.165, 1.54) is 32.1 Å². The second kappa shape index (κ2) is 32.5. The van der Waals surface area contributed by atoms with Gasteiger partial charge in [0.25, 0.3) is 0 Å². The largest absolute Gasteiger partial charge is 0.465 e. The highest BCUT2D eigenvalue weighted by Crippen LogP contribution is 2.32. The fraction of sp³-hybridized carbons (Fsp3) is 0.889. The number of carbonyl (C=O) groups excluding carboxylic acids is 6. The summed E-state index contributed by atoms with van der Waals surface area (Å²) in [6, 6.07) is 0. The molecule has 12 heteroatoms. The van der Waals surface area contributed by atoms with Crippen molar-refractivity contribution in [3.63, 3.8) is 0 Å². The van der Waals surface area contributed by atoms with Gasteiger partial charge in [0.05, 0.1) is 48.7 Å². The van der Waals surface area contributed by atoms with Crippen LogP contribution in [0.5, 0.6) is 0 Å². The van der Waals surface area contributed by atoms with Crippen molar-refractivity contribution in [2.24, 2.45) is 35.5 Å². The van der Waals surface area contributed by atoms with E-state index >= 15 is 0 Å². The second-order valence-corrected chi connectivity index (χ2v) is 20.0. The second-order valence-electron chi connectivity index (χ2n) is 20.0. The van der Waals surface area contributed by atoms with Gasteiger partial charge in [-0.15, -0.1) is 0 Å². The van der Waals surface area contributed by atoms with Gasteiger partial charge in [-0.25, -0.2) is 0 Å². The molecule has 0 unspecified atom stereocenters. The van der Waals surface area contributed by atoms with Crippen molar-refractivity contribution in [3.8, 4) is 0 Å². The van der Waals surface area contributed by atoms with Crippen LogP contribution >= 0.6 is 0 Å². The van der Waals surface area contributed by atoms with Crippen LogP contribution < -0.4 is 0 Å². The van der Waals surface area contributed by atoms with E-state index in [0.717, 1.165) is 161 Å². The Morgan fingerprint density at radius 2 is 0.606 bits per heavy atom. The summed E-state index contributed by atoms with van der Waals surface area (Å²) in [4.78, 5) is 75.1. The van der Waals surface area contributed by atoms with Crippen molar-refractivity contribution in [3.05, 3.63) is 0 Å². The molecule has 0 radical (unpaired) electrons. The van der Waals surface area contributed by atoms with Crippen LogP contribution in [0.25, 0.3) is 0 Å². The minimum atomic E-state index is -0.811. The Balaban J connectivity index is 0.000000435. The lowest BCUT2D eigenvalue weighted by Crippen LogP contribution is -2.38. The summed E-state index contributed by atoms with van der Waals surface area (Å²) < 4.78 is 33.9. The maximum Gasteiger partial charge on any atom is 0.309 e. The fourth-order valence-electron chi connectivity index (χ4n) is 10.5. The summed E-state index contributed by atoms with van der Waals surface area (Å²) in [5, 5.41) is 0. The Morgan fingerprint density at radius 1 is 0.364 bits per heavy atom. The first-order valence-corrected chi connectivity index (χ1v) is 25.7. The summed E-state index contributed by atoms with van der Waals surface area (Å²) in [5.41, 5.74) is -0.811. The lowest BCUT2D eigenvalue weighted by Gasteiger charge is -2.32. The number of hydrogen-bond acceptors (Lipinski definition) is 12. The number of rotatable bonds is 18. The van der Waals surface area contributed by atoms with Crippen molar-refractivity contribution < 1.29 is 57.2 Å². The molecule has 6 rings (SSSR count). The Morgan fingerprint density at radius 3 is 0.894 bits per heavy atom. The molecule has 0 N–H and O–H groups in total. The van der Waals surface area contributed by atoms with E-state index in [2.05, 4.69) is 0 Å². The molecule has 0 aliphatic heterocycles. The zero-order valence-electron chi connectivity index (χ0n) is 38.9. The Labute approximate surface area is 400 Å². The van der Waals surface area contributed by atoms with Crippen LogP contribution in [0, 0.1) is 35.5 Å². The molecule has 66 heavy (non-hydrogen) atoms. The van der Waals surface area contributed by atoms with E-state index in [1.807, 2.05) is 6.92 Å². The highest BCUT2D eigenvalue weighted by Gasteiger charge is 2.35. The van der Waals surface area contributed by atoms with Gasteiger partial charge in [0.1, 0.15) is 18.8 Å². The van der Waals surface area contributed by atoms with Crippen LogP contribution in [-0.2, 0) is 57.2 Å². The zero-order chi connectivity index (χ0) is 44.7. The van der Waals surface area contributed by atoms with E-state index in [-0.39, 0.29) is 120 Å². The van der Waals surface area contributed by atoms with Gasteiger partial charge in [0.15, 0.2) is 6.10 Å². The van der Waals surface area contributed by atoms with E-state index < -0.39 is 11.7 Å². The molecule has 382 valence electrons. The first kappa shape index (κ1) is 58.9. The molecular weight excluding hydrogens is 841 g/mol. The van der Waals surface area contributed by atoms with Crippen LogP contribution in [0.3, 0.4) is 0 Å². The van der Waals surface area contributed by atoms with E-state index in [9.17, 15) is 28.8 Å². The van der Waals surface area contributed by atoms with Crippen molar-refractivity contribution >= 4 is 35.8 Å². The molecule has 6 aliphatic rings. The van der Waals surface area contributed by atoms with Crippen LogP contribution in [0.4, 0.5) is 0 Å². The maximum absolute atomic E-state index is 12.9.